The topological polar surface area (TPSA) is 79.7 Å². The number of hydrogen-bond acceptors (Lipinski definition) is 6. The first-order valence-electron chi connectivity index (χ1n) is 6.46. The lowest BCUT2D eigenvalue weighted by Crippen LogP contribution is -2.28. The lowest BCUT2D eigenvalue weighted by atomic mass is 10.2. The smallest absolute Gasteiger partial charge is 0.315 e. The van der Waals surface area contributed by atoms with Crippen LogP contribution in [0.25, 0.3) is 0 Å². The minimum Gasteiger partial charge on any atom is -0.383 e. The SMILES string of the molecule is CNc1cccc(NCCN(C)CCOC)c1[N+](=O)[O-]. The summed E-state index contributed by atoms with van der Waals surface area (Å²) in [5, 5.41) is 17.1. The van der Waals surface area contributed by atoms with Crippen molar-refractivity contribution in [1.82, 2.24) is 4.90 Å². The molecule has 0 radical (unpaired) electrons. The molecule has 0 saturated carbocycles. The van der Waals surface area contributed by atoms with Crippen LogP contribution < -0.4 is 10.6 Å². The predicted molar refractivity (Wildman–Crippen MR) is 80.5 cm³/mol. The molecule has 0 aromatic heterocycles. The molecule has 0 bridgehead atoms. The summed E-state index contributed by atoms with van der Waals surface area (Å²) in [5.74, 6) is 0. The van der Waals surface area contributed by atoms with Gasteiger partial charge in [0.2, 0.25) is 0 Å². The Labute approximate surface area is 119 Å². The van der Waals surface area contributed by atoms with Crippen LogP contribution in [0, 0.1) is 10.1 Å². The van der Waals surface area contributed by atoms with Gasteiger partial charge in [-0.1, -0.05) is 6.07 Å². The van der Waals surface area contributed by atoms with Crippen molar-refractivity contribution in [3.63, 3.8) is 0 Å². The molecule has 112 valence electrons. The Kier molecular flexibility index (Phi) is 6.75. The van der Waals surface area contributed by atoms with Crippen LogP contribution in [-0.4, -0.2) is 57.3 Å². The van der Waals surface area contributed by atoms with Gasteiger partial charge in [0.05, 0.1) is 11.5 Å². The summed E-state index contributed by atoms with van der Waals surface area (Å²) in [5.41, 5.74) is 1.12. The van der Waals surface area contributed by atoms with Gasteiger partial charge in [-0.05, 0) is 19.2 Å². The van der Waals surface area contributed by atoms with Crippen molar-refractivity contribution >= 4 is 17.1 Å². The van der Waals surface area contributed by atoms with Crippen LogP contribution >= 0.6 is 0 Å². The predicted octanol–water partition coefficient (Wildman–Crippen LogP) is 1.63. The van der Waals surface area contributed by atoms with E-state index in [4.69, 9.17) is 4.74 Å². The average Bonchev–Trinajstić information content (AvgIpc) is 2.44. The zero-order valence-electron chi connectivity index (χ0n) is 12.2. The van der Waals surface area contributed by atoms with E-state index in [-0.39, 0.29) is 10.6 Å². The van der Waals surface area contributed by atoms with E-state index in [1.807, 2.05) is 7.05 Å². The van der Waals surface area contributed by atoms with Crippen molar-refractivity contribution in [2.75, 3.05) is 58.1 Å². The third-order valence-electron chi connectivity index (χ3n) is 2.97. The summed E-state index contributed by atoms with van der Waals surface area (Å²) in [6, 6.07) is 5.19. The number of hydrogen-bond donors (Lipinski definition) is 2. The zero-order chi connectivity index (χ0) is 15.0. The van der Waals surface area contributed by atoms with Crippen LogP contribution in [0.2, 0.25) is 0 Å². The third-order valence-corrected chi connectivity index (χ3v) is 2.97. The highest BCUT2D eigenvalue weighted by Crippen LogP contribution is 2.32. The van der Waals surface area contributed by atoms with Gasteiger partial charge in [-0.15, -0.1) is 0 Å². The first-order valence-corrected chi connectivity index (χ1v) is 6.46. The highest BCUT2D eigenvalue weighted by Gasteiger charge is 2.18. The van der Waals surface area contributed by atoms with E-state index in [1.165, 1.54) is 0 Å². The fourth-order valence-corrected chi connectivity index (χ4v) is 1.82. The summed E-state index contributed by atoms with van der Waals surface area (Å²) in [6.45, 7) is 2.92. The maximum absolute atomic E-state index is 11.1. The standard InChI is InChI=1S/C13H22N4O3/c1-14-11-5-4-6-12(13(11)17(18)19)15-7-8-16(2)9-10-20-3/h4-6,14-15H,7-10H2,1-3H3. The summed E-state index contributed by atoms with van der Waals surface area (Å²) < 4.78 is 5.00. The van der Waals surface area contributed by atoms with E-state index in [9.17, 15) is 10.1 Å². The van der Waals surface area contributed by atoms with Gasteiger partial charge in [-0.25, -0.2) is 0 Å². The molecule has 20 heavy (non-hydrogen) atoms. The molecular formula is C13H22N4O3. The van der Waals surface area contributed by atoms with Gasteiger partial charge in [0.25, 0.3) is 0 Å². The number of nitro groups is 1. The van der Waals surface area contributed by atoms with Crippen LogP contribution in [0.15, 0.2) is 18.2 Å². The van der Waals surface area contributed by atoms with Crippen molar-refractivity contribution in [3.05, 3.63) is 28.3 Å². The van der Waals surface area contributed by atoms with E-state index in [1.54, 1.807) is 32.4 Å². The molecule has 0 aliphatic carbocycles. The number of anilines is 2. The quantitative estimate of drug-likeness (QED) is 0.529. The van der Waals surface area contributed by atoms with E-state index in [2.05, 4.69) is 15.5 Å². The molecule has 0 aliphatic rings. The Morgan fingerprint density at radius 3 is 2.65 bits per heavy atom. The second kappa shape index (κ2) is 8.34. The van der Waals surface area contributed by atoms with Gasteiger partial charge >= 0.3 is 5.69 Å². The molecule has 7 nitrogen and oxygen atoms in total. The van der Waals surface area contributed by atoms with E-state index < -0.39 is 0 Å². The fraction of sp³-hybridized carbons (Fsp3) is 0.538. The highest BCUT2D eigenvalue weighted by molar-refractivity contribution is 5.75. The summed E-state index contributed by atoms with van der Waals surface area (Å²) in [4.78, 5) is 12.9. The lowest BCUT2D eigenvalue weighted by molar-refractivity contribution is -0.383. The maximum atomic E-state index is 11.1. The molecule has 0 saturated heterocycles. The Morgan fingerprint density at radius 1 is 1.35 bits per heavy atom. The molecule has 7 heteroatoms. The second-order valence-corrected chi connectivity index (χ2v) is 4.43. The molecule has 0 spiro atoms. The van der Waals surface area contributed by atoms with Gasteiger partial charge in [0, 0.05) is 33.8 Å². The summed E-state index contributed by atoms with van der Waals surface area (Å²) in [7, 11) is 5.32. The first kappa shape index (κ1) is 16.2. The molecule has 0 fully saturated rings. The molecule has 2 N–H and O–H groups in total. The average molecular weight is 282 g/mol. The van der Waals surface area contributed by atoms with Crippen LogP contribution in [0.3, 0.4) is 0 Å². The van der Waals surface area contributed by atoms with Crippen molar-refractivity contribution in [3.8, 4) is 0 Å². The lowest BCUT2D eigenvalue weighted by Gasteiger charge is -2.17. The van der Waals surface area contributed by atoms with Crippen LogP contribution in [-0.2, 0) is 4.74 Å². The van der Waals surface area contributed by atoms with Crippen molar-refractivity contribution in [2.45, 2.75) is 0 Å². The van der Waals surface area contributed by atoms with Crippen molar-refractivity contribution < 1.29 is 9.66 Å². The van der Waals surface area contributed by atoms with Gasteiger partial charge in [0.1, 0.15) is 11.4 Å². The first-order chi connectivity index (χ1) is 9.60. The third kappa shape index (κ3) is 4.67. The van der Waals surface area contributed by atoms with Gasteiger partial charge in [-0.2, -0.15) is 0 Å². The van der Waals surface area contributed by atoms with Crippen LogP contribution in [0.4, 0.5) is 17.1 Å². The number of nitro benzene ring substituents is 1. The summed E-state index contributed by atoms with van der Waals surface area (Å²) >= 11 is 0. The number of nitrogens with zero attached hydrogens (tertiary/aromatic N) is 2. The number of methoxy groups -OCH3 is 1. The number of para-hydroxylation sites is 1. The van der Waals surface area contributed by atoms with Crippen molar-refractivity contribution in [2.24, 2.45) is 0 Å². The molecule has 1 rings (SSSR count). The van der Waals surface area contributed by atoms with Crippen LogP contribution in [0.5, 0.6) is 0 Å². The van der Waals surface area contributed by atoms with E-state index in [0.29, 0.717) is 24.5 Å². The normalized spacial score (nSPS) is 10.6. The van der Waals surface area contributed by atoms with Crippen molar-refractivity contribution in [1.29, 1.82) is 0 Å². The Morgan fingerprint density at radius 2 is 2.05 bits per heavy atom. The highest BCUT2D eigenvalue weighted by atomic mass is 16.6. The molecule has 1 aromatic carbocycles. The number of nitrogens with one attached hydrogen (secondary N) is 2. The van der Waals surface area contributed by atoms with Gasteiger partial charge in [-0.3, -0.25) is 10.1 Å². The minimum atomic E-state index is -0.372. The minimum absolute atomic E-state index is 0.0783. The number of rotatable bonds is 9. The molecule has 0 heterocycles. The van der Waals surface area contributed by atoms with Gasteiger partial charge in [0.15, 0.2) is 0 Å². The fourth-order valence-electron chi connectivity index (χ4n) is 1.82. The van der Waals surface area contributed by atoms with Crippen LogP contribution in [0.1, 0.15) is 0 Å². The Bertz CT molecular complexity index is 440. The molecule has 0 atom stereocenters. The number of likely N-dealkylation sites (N-methyl/N-ethyl adjacent to an activating group) is 1. The maximum Gasteiger partial charge on any atom is 0.315 e. The van der Waals surface area contributed by atoms with E-state index in [0.717, 1.165) is 13.1 Å². The Balaban J connectivity index is 2.62. The zero-order valence-corrected chi connectivity index (χ0v) is 12.2. The molecule has 1 aromatic rings. The van der Waals surface area contributed by atoms with E-state index >= 15 is 0 Å². The number of ether oxygens (including phenoxy) is 1. The second-order valence-electron chi connectivity index (χ2n) is 4.43. The molecular weight excluding hydrogens is 260 g/mol. The summed E-state index contributed by atoms with van der Waals surface area (Å²) in [6.07, 6.45) is 0. The number of benzene rings is 1. The molecule has 0 amide bonds. The largest absolute Gasteiger partial charge is 0.383 e. The monoisotopic (exact) mass is 282 g/mol. The molecule has 0 aliphatic heterocycles. The Hall–Kier alpha value is -1.86. The van der Waals surface area contributed by atoms with Gasteiger partial charge < -0.3 is 20.3 Å². The molecule has 0 unspecified atom stereocenters.